The smallest absolute Gasteiger partial charge is 0.410 e. The fraction of sp³-hybridized carbons (Fsp3) is 0.550. The molecule has 0 saturated carbocycles. The maximum absolute atomic E-state index is 14.3. The summed E-state index contributed by atoms with van der Waals surface area (Å²) < 4.78 is 53.6. The molecule has 170 valence electrons. The van der Waals surface area contributed by atoms with Gasteiger partial charge in [-0.05, 0) is 51.8 Å². The highest BCUT2D eigenvalue weighted by Gasteiger charge is 2.27. The van der Waals surface area contributed by atoms with Gasteiger partial charge in [-0.2, -0.15) is 4.98 Å². The number of rotatable bonds is 5. The number of amides is 1. The van der Waals surface area contributed by atoms with Crippen molar-refractivity contribution in [1.82, 2.24) is 15.0 Å². The van der Waals surface area contributed by atoms with Crippen molar-refractivity contribution in [3.05, 3.63) is 29.9 Å². The number of hydrogen-bond donors (Lipinski definition) is 0. The summed E-state index contributed by atoms with van der Waals surface area (Å²) >= 11 is 0. The first-order valence-corrected chi connectivity index (χ1v) is 11.7. The van der Waals surface area contributed by atoms with Crippen molar-refractivity contribution in [3.8, 4) is 11.4 Å². The molecule has 31 heavy (non-hydrogen) atoms. The molecule has 0 aliphatic carbocycles. The second-order valence-electron chi connectivity index (χ2n) is 8.40. The summed E-state index contributed by atoms with van der Waals surface area (Å²) in [5, 5.41) is 3.75. The summed E-state index contributed by atoms with van der Waals surface area (Å²) in [5.74, 6) is -0.572. The Labute approximate surface area is 180 Å². The van der Waals surface area contributed by atoms with E-state index in [0.717, 1.165) is 12.3 Å². The fourth-order valence-electron chi connectivity index (χ4n) is 3.05. The van der Waals surface area contributed by atoms with E-state index in [1.54, 1.807) is 4.90 Å². The van der Waals surface area contributed by atoms with Gasteiger partial charge in [-0.1, -0.05) is 5.16 Å². The van der Waals surface area contributed by atoms with E-state index in [1.165, 1.54) is 12.1 Å². The number of carbonyl (C=O) groups is 1. The van der Waals surface area contributed by atoms with Crippen molar-refractivity contribution in [2.45, 2.75) is 56.8 Å². The molecule has 0 N–H and O–H groups in total. The Morgan fingerprint density at radius 1 is 1.29 bits per heavy atom. The van der Waals surface area contributed by atoms with Crippen LogP contribution in [-0.2, 0) is 25.9 Å². The lowest BCUT2D eigenvalue weighted by molar-refractivity contribution is -0.0231. The standard InChI is InChI=1S/C20H26FN3O6S/c1-20(2,3)29-19(25)24-9-7-13(8-10-24)28-12-17-22-18(23-30-17)15-6-5-14(11-16(15)21)31(4,26)27/h5-6,11,13H,7-10,12H2,1-4H3. The minimum Gasteiger partial charge on any atom is -0.444 e. The minimum absolute atomic E-state index is 0.0101. The SMILES string of the molecule is CC(C)(C)OC(=O)N1CCC(OCc2nc(-c3ccc(S(C)(=O)=O)cc3F)no2)CC1. The average molecular weight is 456 g/mol. The van der Waals surface area contributed by atoms with E-state index in [0.29, 0.717) is 25.9 Å². The van der Waals surface area contributed by atoms with E-state index in [4.69, 9.17) is 14.0 Å². The zero-order chi connectivity index (χ0) is 22.8. The van der Waals surface area contributed by atoms with Crippen LogP contribution in [0.3, 0.4) is 0 Å². The van der Waals surface area contributed by atoms with Crippen LogP contribution < -0.4 is 0 Å². The number of halogens is 1. The van der Waals surface area contributed by atoms with Crippen molar-refractivity contribution in [1.29, 1.82) is 0 Å². The summed E-state index contributed by atoms with van der Waals surface area (Å²) in [6, 6.07) is 3.52. The molecule has 0 radical (unpaired) electrons. The van der Waals surface area contributed by atoms with Crippen LogP contribution in [0.25, 0.3) is 11.4 Å². The second-order valence-corrected chi connectivity index (χ2v) is 10.4. The number of hydrogen-bond acceptors (Lipinski definition) is 8. The third kappa shape index (κ3) is 6.23. The van der Waals surface area contributed by atoms with E-state index in [-0.39, 0.29) is 41.0 Å². The van der Waals surface area contributed by atoms with E-state index in [9.17, 15) is 17.6 Å². The lowest BCUT2D eigenvalue weighted by Gasteiger charge is -2.33. The maximum atomic E-state index is 14.3. The number of benzene rings is 1. The molecule has 1 aliphatic heterocycles. The molecule has 1 aromatic carbocycles. The van der Waals surface area contributed by atoms with Crippen LogP contribution in [0.4, 0.5) is 9.18 Å². The Hall–Kier alpha value is -2.53. The fourth-order valence-corrected chi connectivity index (χ4v) is 3.68. The number of nitrogens with zero attached hydrogens (tertiary/aromatic N) is 3. The quantitative estimate of drug-likeness (QED) is 0.676. The Morgan fingerprint density at radius 2 is 1.97 bits per heavy atom. The minimum atomic E-state index is -3.52. The molecular formula is C20H26FN3O6S. The molecule has 0 bridgehead atoms. The zero-order valence-electron chi connectivity index (χ0n) is 17.9. The maximum Gasteiger partial charge on any atom is 0.410 e. The van der Waals surface area contributed by atoms with E-state index < -0.39 is 21.3 Å². The Balaban J connectivity index is 1.53. The van der Waals surface area contributed by atoms with Gasteiger partial charge in [-0.15, -0.1) is 0 Å². The summed E-state index contributed by atoms with van der Waals surface area (Å²) in [6.07, 6.45) is 1.86. The first-order valence-electron chi connectivity index (χ1n) is 9.84. The largest absolute Gasteiger partial charge is 0.444 e. The number of piperidine rings is 1. The second kappa shape index (κ2) is 8.91. The van der Waals surface area contributed by atoms with Gasteiger partial charge in [0.2, 0.25) is 5.82 Å². The van der Waals surface area contributed by atoms with Gasteiger partial charge in [0.1, 0.15) is 18.0 Å². The normalized spacial score (nSPS) is 15.8. The Kier molecular flexibility index (Phi) is 6.65. The van der Waals surface area contributed by atoms with Crippen molar-refractivity contribution in [2.75, 3.05) is 19.3 Å². The Bertz CT molecular complexity index is 1040. The van der Waals surface area contributed by atoms with Gasteiger partial charge in [0, 0.05) is 19.3 Å². The van der Waals surface area contributed by atoms with Crippen LogP contribution in [0.2, 0.25) is 0 Å². The van der Waals surface area contributed by atoms with Gasteiger partial charge in [0.15, 0.2) is 9.84 Å². The molecule has 9 nitrogen and oxygen atoms in total. The molecule has 0 spiro atoms. The van der Waals surface area contributed by atoms with E-state index in [1.807, 2.05) is 20.8 Å². The summed E-state index contributed by atoms with van der Waals surface area (Å²) in [5.41, 5.74) is -0.502. The van der Waals surface area contributed by atoms with Gasteiger partial charge in [-0.3, -0.25) is 0 Å². The highest BCUT2D eigenvalue weighted by atomic mass is 32.2. The highest BCUT2D eigenvalue weighted by molar-refractivity contribution is 7.90. The molecular weight excluding hydrogens is 429 g/mol. The molecule has 1 aliphatic rings. The zero-order valence-corrected chi connectivity index (χ0v) is 18.7. The molecule has 3 rings (SSSR count). The molecule has 2 aromatic rings. The first-order chi connectivity index (χ1) is 14.4. The number of sulfone groups is 1. The van der Waals surface area contributed by atoms with Gasteiger partial charge in [0.25, 0.3) is 5.89 Å². The predicted molar refractivity (Wildman–Crippen MR) is 108 cm³/mol. The lowest BCUT2D eigenvalue weighted by atomic mass is 10.1. The molecule has 11 heteroatoms. The van der Waals surface area contributed by atoms with Crippen LogP contribution >= 0.6 is 0 Å². The van der Waals surface area contributed by atoms with Gasteiger partial charge in [-0.25, -0.2) is 17.6 Å². The topological polar surface area (TPSA) is 112 Å². The third-order valence-electron chi connectivity index (χ3n) is 4.61. The molecule has 1 aromatic heterocycles. The highest BCUT2D eigenvalue weighted by Crippen LogP contribution is 2.24. The number of aromatic nitrogens is 2. The van der Waals surface area contributed by atoms with Crippen molar-refractivity contribution in [2.24, 2.45) is 0 Å². The van der Waals surface area contributed by atoms with Crippen LogP contribution in [0, 0.1) is 5.82 Å². The van der Waals surface area contributed by atoms with Gasteiger partial charge in [0.05, 0.1) is 16.6 Å². The molecule has 2 heterocycles. The van der Waals surface area contributed by atoms with Gasteiger partial charge >= 0.3 is 6.09 Å². The molecule has 0 unspecified atom stereocenters. The number of likely N-dealkylation sites (tertiary alicyclic amines) is 1. The van der Waals surface area contributed by atoms with Crippen molar-refractivity contribution >= 4 is 15.9 Å². The van der Waals surface area contributed by atoms with Crippen LogP contribution in [0.15, 0.2) is 27.6 Å². The molecule has 0 atom stereocenters. The van der Waals surface area contributed by atoms with E-state index >= 15 is 0 Å². The summed E-state index contributed by atoms with van der Waals surface area (Å²) in [7, 11) is -3.52. The van der Waals surface area contributed by atoms with Crippen LogP contribution in [-0.4, -0.2) is 60.6 Å². The molecule has 1 amide bonds. The summed E-state index contributed by atoms with van der Waals surface area (Å²) in [4.78, 5) is 17.8. The number of carbonyl (C=O) groups excluding carboxylic acids is 1. The monoisotopic (exact) mass is 455 g/mol. The number of ether oxygens (including phenoxy) is 2. The van der Waals surface area contributed by atoms with Crippen LogP contribution in [0.5, 0.6) is 0 Å². The van der Waals surface area contributed by atoms with Crippen molar-refractivity contribution in [3.63, 3.8) is 0 Å². The Morgan fingerprint density at radius 3 is 2.55 bits per heavy atom. The average Bonchev–Trinajstić information content (AvgIpc) is 3.13. The summed E-state index contributed by atoms with van der Waals surface area (Å²) in [6.45, 7) is 6.56. The molecule has 1 saturated heterocycles. The molecule has 1 fully saturated rings. The third-order valence-corrected chi connectivity index (χ3v) is 5.72. The lowest BCUT2D eigenvalue weighted by Crippen LogP contribution is -2.43. The van der Waals surface area contributed by atoms with E-state index in [2.05, 4.69) is 10.1 Å². The first kappa shape index (κ1) is 23.1. The van der Waals surface area contributed by atoms with Crippen LogP contribution in [0.1, 0.15) is 39.5 Å². The van der Waals surface area contributed by atoms with Crippen molar-refractivity contribution < 1.29 is 31.6 Å². The van der Waals surface area contributed by atoms with Gasteiger partial charge < -0.3 is 18.9 Å². The predicted octanol–water partition coefficient (Wildman–Crippen LogP) is 3.20.